The smallest absolute Gasteiger partial charge is 0.241 e. The average molecular weight is 309 g/mol. The van der Waals surface area contributed by atoms with E-state index in [9.17, 15) is 4.79 Å². The standard InChI is InChI=1S/C17H31N3O2/c1-5-22-14-9-17(18,16(14,3)4)15(21)19-12-8-11(2)20(10-12)13-6-7-13/h11-14H,5-10,18H2,1-4H3,(H,19,21). The number of rotatable bonds is 5. The van der Waals surface area contributed by atoms with Crippen molar-refractivity contribution in [2.24, 2.45) is 11.1 Å². The van der Waals surface area contributed by atoms with E-state index in [4.69, 9.17) is 10.5 Å². The highest BCUT2D eigenvalue weighted by Crippen LogP contribution is 2.50. The lowest BCUT2D eigenvalue weighted by atomic mass is 9.54. The summed E-state index contributed by atoms with van der Waals surface area (Å²) in [4.78, 5) is 15.3. The Morgan fingerprint density at radius 1 is 1.41 bits per heavy atom. The number of nitrogens with one attached hydrogen (secondary N) is 1. The van der Waals surface area contributed by atoms with E-state index in [1.807, 2.05) is 20.8 Å². The van der Waals surface area contributed by atoms with Crippen LogP contribution >= 0.6 is 0 Å². The van der Waals surface area contributed by atoms with Crippen LogP contribution in [-0.2, 0) is 9.53 Å². The van der Waals surface area contributed by atoms with Crippen LogP contribution in [0.3, 0.4) is 0 Å². The minimum absolute atomic E-state index is 0.00306. The molecule has 0 spiro atoms. The van der Waals surface area contributed by atoms with Crippen LogP contribution in [0.2, 0.25) is 0 Å². The highest BCUT2D eigenvalue weighted by Gasteiger charge is 2.63. The van der Waals surface area contributed by atoms with Crippen LogP contribution in [0.1, 0.15) is 53.4 Å². The molecular formula is C17H31N3O2. The third-order valence-electron chi connectivity index (χ3n) is 6.21. The molecule has 4 atom stereocenters. The van der Waals surface area contributed by atoms with Crippen LogP contribution in [0, 0.1) is 5.41 Å². The molecule has 1 amide bonds. The van der Waals surface area contributed by atoms with Crippen LogP contribution in [0.25, 0.3) is 0 Å². The molecular weight excluding hydrogens is 278 g/mol. The van der Waals surface area contributed by atoms with Crippen molar-refractivity contribution in [2.45, 2.75) is 83.1 Å². The fraction of sp³-hybridized carbons (Fsp3) is 0.941. The lowest BCUT2D eigenvalue weighted by Gasteiger charge is -2.57. The summed E-state index contributed by atoms with van der Waals surface area (Å²) in [5, 5.41) is 3.22. The number of nitrogens with zero attached hydrogens (tertiary/aromatic N) is 1. The lowest BCUT2D eigenvalue weighted by molar-refractivity contribution is -0.171. The van der Waals surface area contributed by atoms with Gasteiger partial charge in [0.15, 0.2) is 0 Å². The fourth-order valence-electron chi connectivity index (χ4n) is 4.21. The van der Waals surface area contributed by atoms with Crippen molar-refractivity contribution in [2.75, 3.05) is 13.2 Å². The zero-order chi connectivity index (χ0) is 16.1. The molecule has 3 fully saturated rings. The van der Waals surface area contributed by atoms with Crippen molar-refractivity contribution < 1.29 is 9.53 Å². The summed E-state index contributed by atoms with van der Waals surface area (Å²) in [6, 6.07) is 1.56. The average Bonchev–Trinajstić information content (AvgIpc) is 3.22. The zero-order valence-electron chi connectivity index (χ0n) is 14.4. The highest BCUT2D eigenvalue weighted by atomic mass is 16.5. The molecule has 22 heavy (non-hydrogen) atoms. The first-order valence-electron chi connectivity index (χ1n) is 8.76. The first-order chi connectivity index (χ1) is 10.3. The second kappa shape index (κ2) is 5.46. The molecule has 3 N–H and O–H groups in total. The van der Waals surface area contributed by atoms with E-state index in [1.165, 1.54) is 12.8 Å². The number of nitrogens with two attached hydrogens (primary N) is 1. The first kappa shape index (κ1) is 16.2. The van der Waals surface area contributed by atoms with Gasteiger partial charge >= 0.3 is 0 Å². The van der Waals surface area contributed by atoms with Crippen LogP contribution in [-0.4, -0.2) is 53.7 Å². The number of hydrogen-bond donors (Lipinski definition) is 2. The third-order valence-corrected chi connectivity index (χ3v) is 6.21. The lowest BCUT2D eigenvalue weighted by Crippen LogP contribution is -2.76. The summed E-state index contributed by atoms with van der Waals surface area (Å²) in [6.45, 7) is 9.99. The molecule has 0 radical (unpaired) electrons. The van der Waals surface area contributed by atoms with Gasteiger partial charge in [-0.2, -0.15) is 0 Å². The molecule has 3 aliphatic rings. The maximum Gasteiger partial charge on any atom is 0.241 e. The highest BCUT2D eigenvalue weighted by molar-refractivity contribution is 5.89. The van der Waals surface area contributed by atoms with E-state index in [0.29, 0.717) is 19.1 Å². The largest absolute Gasteiger partial charge is 0.378 e. The fourth-order valence-corrected chi connectivity index (χ4v) is 4.21. The Kier molecular flexibility index (Phi) is 4.03. The van der Waals surface area contributed by atoms with Crippen LogP contribution in [0.4, 0.5) is 0 Å². The number of carbonyl (C=O) groups is 1. The third kappa shape index (κ3) is 2.47. The molecule has 0 bridgehead atoms. The first-order valence-corrected chi connectivity index (χ1v) is 8.76. The van der Waals surface area contributed by atoms with E-state index in [-0.39, 0.29) is 23.5 Å². The SMILES string of the molecule is CCOC1CC(N)(C(=O)NC2CC(C)N(C3CC3)C2)C1(C)C. The van der Waals surface area contributed by atoms with Gasteiger partial charge in [0.2, 0.25) is 5.91 Å². The van der Waals surface area contributed by atoms with Gasteiger partial charge in [-0.3, -0.25) is 9.69 Å². The molecule has 126 valence electrons. The summed E-state index contributed by atoms with van der Waals surface area (Å²) in [7, 11) is 0. The van der Waals surface area contributed by atoms with Gasteiger partial charge < -0.3 is 15.8 Å². The quantitative estimate of drug-likeness (QED) is 0.802. The van der Waals surface area contributed by atoms with Gasteiger partial charge in [-0.1, -0.05) is 13.8 Å². The van der Waals surface area contributed by atoms with Crippen LogP contribution in [0.15, 0.2) is 0 Å². The Labute approximate surface area is 133 Å². The van der Waals surface area contributed by atoms with Crippen molar-refractivity contribution in [3.63, 3.8) is 0 Å². The summed E-state index contributed by atoms with van der Waals surface area (Å²) < 4.78 is 5.71. The topological polar surface area (TPSA) is 67.6 Å². The Hall–Kier alpha value is -0.650. The van der Waals surface area contributed by atoms with Crippen LogP contribution < -0.4 is 11.1 Å². The zero-order valence-corrected chi connectivity index (χ0v) is 14.4. The van der Waals surface area contributed by atoms with Gasteiger partial charge in [-0.15, -0.1) is 0 Å². The van der Waals surface area contributed by atoms with E-state index < -0.39 is 5.54 Å². The van der Waals surface area contributed by atoms with Gasteiger partial charge in [-0.05, 0) is 33.1 Å². The van der Waals surface area contributed by atoms with Crippen LogP contribution in [0.5, 0.6) is 0 Å². The Balaban J connectivity index is 1.58. The number of ether oxygens (including phenoxy) is 1. The predicted molar refractivity (Wildman–Crippen MR) is 86.5 cm³/mol. The Morgan fingerprint density at radius 3 is 2.64 bits per heavy atom. The molecule has 1 saturated heterocycles. The Bertz CT molecular complexity index is 449. The van der Waals surface area contributed by atoms with Gasteiger partial charge in [0.25, 0.3) is 0 Å². The molecule has 0 aromatic rings. The van der Waals surface area contributed by atoms with E-state index in [0.717, 1.165) is 19.0 Å². The summed E-state index contributed by atoms with van der Waals surface area (Å²) in [5.74, 6) is 0.00306. The summed E-state index contributed by atoms with van der Waals surface area (Å²) in [6.07, 6.45) is 4.37. The van der Waals surface area contributed by atoms with Crippen molar-refractivity contribution in [1.29, 1.82) is 0 Å². The molecule has 1 heterocycles. The Morgan fingerprint density at radius 2 is 2.09 bits per heavy atom. The molecule has 2 saturated carbocycles. The summed E-state index contributed by atoms with van der Waals surface area (Å²) in [5.41, 5.74) is 5.34. The van der Waals surface area contributed by atoms with Crippen molar-refractivity contribution in [1.82, 2.24) is 10.2 Å². The molecule has 2 aliphatic carbocycles. The van der Waals surface area contributed by atoms with Crippen molar-refractivity contribution in [3.05, 3.63) is 0 Å². The van der Waals surface area contributed by atoms with Gasteiger partial charge in [0, 0.05) is 43.1 Å². The van der Waals surface area contributed by atoms with E-state index in [2.05, 4.69) is 17.1 Å². The number of amides is 1. The maximum atomic E-state index is 12.8. The number of carbonyl (C=O) groups excluding carboxylic acids is 1. The number of likely N-dealkylation sites (tertiary alicyclic amines) is 1. The molecule has 0 aromatic carbocycles. The predicted octanol–water partition coefficient (Wildman–Crippen LogP) is 1.26. The van der Waals surface area contributed by atoms with E-state index >= 15 is 0 Å². The van der Waals surface area contributed by atoms with Gasteiger partial charge in [-0.25, -0.2) is 0 Å². The van der Waals surface area contributed by atoms with Crippen molar-refractivity contribution >= 4 is 5.91 Å². The summed E-state index contributed by atoms with van der Waals surface area (Å²) >= 11 is 0. The molecule has 0 aromatic heterocycles. The van der Waals surface area contributed by atoms with E-state index in [1.54, 1.807) is 0 Å². The molecule has 5 nitrogen and oxygen atoms in total. The molecule has 3 rings (SSSR count). The molecule has 4 unspecified atom stereocenters. The maximum absolute atomic E-state index is 12.8. The minimum Gasteiger partial charge on any atom is -0.378 e. The molecule has 1 aliphatic heterocycles. The van der Waals surface area contributed by atoms with Gasteiger partial charge in [0.05, 0.1) is 6.10 Å². The monoisotopic (exact) mass is 309 g/mol. The number of hydrogen-bond acceptors (Lipinski definition) is 4. The van der Waals surface area contributed by atoms with Crippen molar-refractivity contribution in [3.8, 4) is 0 Å². The second-order valence-corrected chi connectivity index (χ2v) is 8.02. The molecule has 5 heteroatoms. The van der Waals surface area contributed by atoms with Gasteiger partial charge in [0.1, 0.15) is 5.54 Å². The minimum atomic E-state index is -0.803. The normalized spacial score (nSPS) is 41.2. The second-order valence-electron chi connectivity index (χ2n) is 8.02.